The second kappa shape index (κ2) is 5.89. The number of benzene rings is 1. The van der Waals surface area contributed by atoms with Crippen LogP contribution in [0.25, 0.3) is 0 Å². The Bertz CT molecular complexity index is 642. The number of Topliss-reactive ketones (excluding diaryl/α,β-unsaturated/α-hetero) is 1. The molecule has 2 saturated carbocycles. The summed E-state index contributed by atoms with van der Waals surface area (Å²) in [5.41, 5.74) is 8.29. The van der Waals surface area contributed by atoms with Crippen LogP contribution in [0.15, 0.2) is 23.3 Å². The van der Waals surface area contributed by atoms with Gasteiger partial charge in [0, 0.05) is 22.4 Å². The monoisotopic (exact) mass is 319 g/mol. The molecule has 0 bridgehead atoms. The van der Waals surface area contributed by atoms with E-state index in [4.69, 9.17) is 27.3 Å². The molecule has 0 spiro atoms. The molecule has 2 aliphatic rings. The quantitative estimate of drug-likeness (QED) is 0.352. The maximum Gasteiger partial charge on any atom is 0.166 e. The molecule has 116 valence electrons. The zero-order valence-corrected chi connectivity index (χ0v) is 13.1. The van der Waals surface area contributed by atoms with Crippen molar-refractivity contribution in [1.82, 2.24) is 0 Å². The van der Waals surface area contributed by atoms with Gasteiger partial charge in [0.2, 0.25) is 0 Å². The van der Waals surface area contributed by atoms with Gasteiger partial charge in [-0.25, -0.2) is 5.53 Å². The third-order valence-corrected chi connectivity index (χ3v) is 4.57. The molecule has 1 aromatic carbocycles. The van der Waals surface area contributed by atoms with Crippen LogP contribution in [0.4, 0.5) is 0 Å². The van der Waals surface area contributed by atoms with Crippen molar-refractivity contribution >= 4 is 23.2 Å². The van der Waals surface area contributed by atoms with Crippen LogP contribution >= 0.6 is 11.6 Å². The van der Waals surface area contributed by atoms with Crippen molar-refractivity contribution < 1.29 is 9.53 Å². The van der Waals surface area contributed by atoms with Gasteiger partial charge in [-0.3, -0.25) is 10.2 Å². The fourth-order valence-corrected chi connectivity index (χ4v) is 2.99. The maximum atomic E-state index is 12.4. The summed E-state index contributed by atoms with van der Waals surface area (Å²) in [5.74, 6) is -0.487. The van der Waals surface area contributed by atoms with Crippen LogP contribution in [0, 0.1) is 22.8 Å². The molecule has 0 saturated heterocycles. The Morgan fingerprint density at radius 3 is 2.73 bits per heavy atom. The molecule has 2 aliphatic carbocycles. The van der Waals surface area contributed by atoms with Crippen LogP contribution in [-0.2, 0) is 4.74 Å². The molecular formula is C16H18ClN3O2. The number of ketones is 1. The van der Waals surface area contributed by atoms with Crippen LogP contribution in [0.1, 0.15) is 48.2 Å². The molecular weight excluding hydrogens is 302 g/mol. The fraction of sp³-hybridized carbons (Fsp3) is 0.500. The molecule has 1 aromatic rings. The number of ether oxygens (including phenoxy) is 1. The van der Waals surface area contributed by atoms with Gasteiger partial charge in [-0.2, -0.15) is 0 Å². The van der Waals surface area contributed by atoms with E-state index in [0.29, 0.717) is 23.1 Å². The molecule has 5 nitrogen and oxygen atoms in total. The van der Waals surface area contributed by atoms with Crippen molar-refractivity contribution in [3.05, 3.63) is 34.3 Å². The first-order valence-corrected chi connectivity index (χ1v) is 7.84. The minimum Gasteiger partial charge on any atom is -0.371 e. The highest BCUT2D eigenvalue weighted by Gasteiger charge is 2.46. The Hall–Kier alpha value is -1.59. The summed E-state index contributed by atoms with van der Waals surface area (Å²) in [7, 11) is 0. The van der Waals surface area contributed by atoms with E-state index < -0.39 is 0 Å². The number of nitrogens with one attached hydrogen (secondary N) is 2. The molecule has 1 unspecified atom stereocenters. The number of hydrogen-bond donors (Lipinski definition) is 2. The number of amidine groups is 1. The van der Waals surface area contributed by atoms with Crippen LogP contribution in [0.5, 0.6) is 0 Å². The van der Waals surface area contributed by atoms with E-state index in [9.17, 15) is 4.79 Å². The smallest absolute Gasteiger partial charge is 0.166 e. The van der Waals surface area contributed by atoms with E-state index in [-0.39, 0.29) is 29.6 Å². The first-order valence-electron chi connectivity index (χ1n) is 7.46. The Kier molecular flexibility index (Phi) is 4.10. The Morgan fingerprint density at radius 2 is 2.14 bits per heavy atom. The molecule has 6 heteroatoms. The molecule has 0 aliphatic heterocycles. The second-order valence-electron chi connectivity index (χ2n) is 6.02. The summed E-state index contributed by atoms with van der Waals surface area (Å²) in [5, 5.41) is 11.1. The highest BCUT2D eigenvalue weighted by molar-refractivity contribution is 6.31. The first-order chi connectivity index (χ1) is 10.5. The van der Waals surface area contributed by atoms with Crippen LogP contribution in [0.2, 0.25) is 5.02 Å². The standard InChI is InChI=1S/C16H18ClN3O2/c1-8(22-10-3-4-10)11-5-2-9(6-14(11)17)15(21)12-7-13(12)16(18)20-19/h2,5-6,8,10,12-13,18-19H,3-4,7H2,1H3/t8?,12-,13-/m0/s1. The summed E-state index contributed by atoms with van der Waals surface area (Å²) in [6.07, 6.45) is 3.08. The number of rotatable bonds is 6. The van der Waals surface area contributed by atoms with Gasteiger partial charge in [0.05, 0.1) is 12.2 Å². The summed E-state index contributed by atoms with van der Waals surface area (Å²) >= 11 is 6.30. The van der Waals surface area contributed by atoms with Crippen molar-refractivity contribution in [1.29, 1.82) is 10.9 Å². The van der Waals surface area contributed by atoms with Gasteiger partial charge in [0.15, 0.2) is 5.78 Å². The number of carbonyl (C=O) groups is 1. The normalized spacial score (nSPS) is 24.6. The summed E-state index contributed by atoms with van der Waals surface area (Å²) in [6.45, 7) is 1.97. The highest BCUT2D eigenvalue weighted by Crippen LogP contribution is 2.42. The van der Waals surface area contributed by atoms with Crippen molar-refractivity contribution in [2.75, 3.05) is 0 Å². The maximum absolute atomic E-state index is 12.4. The van der Waals surface area contributed by atoms with Gasteiger partial charge in [-0.05, 0) is 37.8 Å². The number of nitrogens with zero attached hydrogens (tertiary/aromatic N) is 1. The zero-order chi connectivity index (χ0) is 15.9. The van der Waals surface area contributed by atoms with Gasteiger partial charge in [0.1, 0.15) is 5.84 Å². The van der Waals surface area contributed by atoms with Gasteiger partial charge in [-0.15, -0.1) is 5.11 Å². The third kappa shape index (κ3) is 3.10. The average Bonchev–Trinajstić information content (AvgIpc) is 3.39. The minimum absolute atomic E-state index is 0.0208. The lowest BCUT2D eigenvalue weighted by atomic mass is 10.0. The minimum atomic E-state index is -0.233. The Morgan fingerprint density at radius 1 is 1.41 bits per heavy atom. The topological polar surface area (TPSA) is 86.4 Å². The molecule has 22 heavy (non-hydrogen) atoms. The molecule has 0 radical (unpaired) electrons. The van der Waals surface area contributed by atoms with Crippen molar-refractivity contribution in [3.63, 3.8) is 0 Å². The molecule has 2 fully saturated rings. The summed E-state index contributed by atoms with van der Waals surface area (Å²) in [4.78, 5) is 12.4. The van der Waals surface area contributed by atoms with E-state index in [0.717, 1.165) is 18.4 Å². The fourth-order valence-electron chi connectivity index (χ4n) is 2.66. The van der Waals surface area contributed by atoms with E-state index in [1.54, 1.807) is 12.1 Å². The van der Waals surface area contributed by atoms with Gasteiger partial charge >= 0.3 is 0 Å². The zero-order valence-electron chi connectivity index (χ0n) is 12.3. The summed E-state index contributed by atoms with van der Waals surface area (Å²) < 4.78 is 5.82. The number of hydrogen-bond acceptors (Lipinski definition) is 4. The van der Waals surface area contributed by atoms with Crippen molar-refractivity contribution in [3.8, 4) is 0 Å². The van der Waals surface area contributed by atoms with Gasteiger partial charge < -0.3 is 4.74 Å². The molecule has 2 N–H and O–H groups in total. The van der Waals surface area contributed by atoms with Crippen LogP contribution in [0.3, 0.4) is 0 Å². The molecule has 0 aromatic heterocycles. The van der Waals surface area contributed by atoms with E-state index >= 15 is 0 Å². The number of halogens is 1. The predicted octanol–water partition coefficient (Wildman–Crippen LogP) is 4.41. The largest absolute Gasteiger partial charge is 0.371 e. The summed E-state index contributed by atoms with van der Waals surface area (Å²) in [6, 6.07) is 5.30. The highest BCUT2D eigenvalue weighted by atomic mass is 35.5. The van der Waals surface area contributed by atoms with E-state index in [1.807, 2.05) is 13.0 Å². The molecule has 3 atom stereocenters. The van der Waals surface area contributed by atoms with Crippen molar-refractivity contribution in [2.45, 2.75) is 38.4 Å². The molecule has 3 rings (SSSR count). The SMILES string of the molecule is CC(OC1CC1)c1ccc(C(=O)[C@H]2C[C@@H]2C(=N)N=N)cc1Cl. The van der Waals surface area contributed by atoms with Gasteiger partial charge in [0.25, 0.3) is 0 Å². The Labute approximate surface area is 134 Å². The second-order valence-corrected chi connectivity index (χ2v) is 6.43. The van der Waals surface area contributed by atoms with E-state index in [1.165, 1.54) is 0 Å². The van der Waals surface area contributed by atoms with Gasteiger partial charge in [-0.1, -0.05) is 23.7 Å². The number of carbonyl (C=O) groups excluding carboxylic acids is 1. The average molecular weight is 320 g/mol. The van der Waals surface area contributed by atoms with Crippen molar-refractivity contribution in [2.24, 2.45) is 17.0 Å². The Balaban J connectivity index is 1.70. The predicted molar refractivity (Wildman–Crippen MR) is 82.8 cm³/mol. The van der Waals surface area contributed by atoms with Crippen LogP contribution in [-0.4, -0.2) is 17.7 Å². The molecule has 0 amide bonds. The third-order valence-electron chi connectivity index (χ3n) is 4.24. The lowest BCUT2D eigenvalue weighted by Gasteiger charge is -2.15. The lowest BCUT2D eigenvalue weighted by molar-refractivity contribution is 0.0519. The first kappa shape index (κ1) is 15.3. The lowest BCUT2D eigenvalue weighted by Crippen LogP contribution is -2.08. The molecule has 0 heterocycles. The van der Waals surface area contributed by atoms with E-state index in [2.05, 4.69) is 5.11 Å². The van der Waals surface area contributed by atoms with Crippen LogP contribution < -0.4 is 0 Å².